The maximum atomic E-state index is 11.3. The summed E-state index contributed by atoms with van der Waals surface area (Å²) in [5.41, 5.74) is 2.01. The highest BCUT2D eigenvalue weighted by Gasteiger charge is 2.22. The van der Waals surface area contributed by atoms with Gasteiger partial charge in [0, 0.05) is 55.0 Å². The highest BCUT2D eigenvalue weighted by molar-refractivity contribution is 5.83. The number of aromatic nitrogens is 3. The molecular weight excluding hydrogens is 276 g/mol. The highest BCUT2D eigenvalue weighted by atomic mass is 16.1. The lowest BCUT2D eigenvalue weighted by atomic mass is 10.1. The first-order valence-corrected chi connectivity index (χ1v) is 7.42. The summed E-state index contributed by atoms with van der Waals surface area (Å²) in [4.78, 5) is 20.2. The first kappa shape index (κ1) is 13.0. The molecule has 4 rings (SSSR count). The molecule has 1 N–H and O–H groups in total. The number of fused-ring (bicyclic) bond motifs is 1. The Morgan fingerprint density at radius 3 is 3.05 bits per heavy atom. The Morgan fingerprint density at radius 2 is 2.18 bits per heavy atom. The van der Waals surface area contributed by atoms with Gasteiger partial charge in [0.25, 0.3) is 0 Å². The number of nitrogens with zero attached hydrogens (tertiary/aromatic N) is 3. The third kappa shape index (κ3) is 2.35. The van der Waals surface area contributed by atoms with Crippen LogP contribution in [0, 0.1) is 5.92 Å². The molecule has 5 nitrogen and oxygen atoms in total. The molecule has 1 aliphatic heterocycles. The number of carbonyl (C=O) groups is 1. The molecule has 0 spiro atoms. The van der Waals surface area contributed by atoms with Gasteiger partial charge in [0.05, 0.1) is 5.52 Å². The average molecular weight is 292 g/mol. The molecule has 0 radical (unpaired) electrons. The Morgan fingerprint density at radius 1 is 1.23 bits per heavy atom. The lowest BCUT2D eigenvalue weighted by Crippen LogP contribution is -2.16. The molecule has 1 saturated heterocycles. The summed E-state index contributed by atoms with van der Waals surface area (Å²) in [6.07, 6.45) is 6.17. The van der Waals surface area contributed by atoms with Crippen LogP contribution in [0.4, 0.5) is 0 Å². The Labute approximate surface area is 128 Å². The number of rotatable bonds is 3. The van der Waals surface area contributed by atoms with E-state index < -0.39 is 0 Å². The predicted octanol–water partition coefficient (Wildman–Crippen LogP) is 2.23. The van der Waals surface area contributed by atoms with E-state index in [2.05, 4.69) is 38.1 Å². The molecule has 1 unspecified atom stereocenters. The first-order chi connectivity index (χ1) is 10.8. The van der Waals surface area contributed by atoms with Crippen LogP contribution in [0.5, 0.6) is 0 Å². The number of hydrogen-bond acceptors (Lipinski definition) is 3. The number of hydrogen-bond donors (Lipinski definition) is 1. The minimum atomic E-state index is 0.140. The second kappa shape index (κ2) is 5.26. The third-order valence-electron chi connectivity index (χ3n) is 4.10. The largest absolute Gasteiger partial charge is 0.356 e. The summed E-state index contributed by atoms with van der Waals surface area (Å²) in [5, 5.41) is 4.00. The number of benzene rings is 1. The number of carbonyl (C=O) groups excluding carboxylic acids is 1. The van der Waals surface area contributed by atoms with Crippen LogP contribution in [0.2, 0.25) is 0 Å². The molecule has 0 bridgehead atoms. The van der Waals surface area contributed by atoms with Crippen molar-refractivity contribution in [3.05, 3.63) is 48.9 Å². The Kier molecular flexibility index (Phi) is 3.11. The lowest BCUT2D eigenvalue weighted by Gasteiger charge is -2.12. The summed E-state index contributed by atoms with van der Waals surface area (Å²) in [7, 11) is 0. The minimum absolute atomic E-state index is 0.140. The summed E-state index contributed by atoms with van der Waals surface area (Å²) in [6.45, 7) is 1.55. The number of amides is 1. The van der Waals surface area contributed by atoms with Crippen LogP contribution >= 0.6 is 0 Å². The van der Waals surface area contributed by atoms with E-state index >= 15 is 0 Å². The van der Waals surface area contributed by atoms with Crippen molar-refractivity contribution in [2.45, 2.75) is 13.0 Å². The molecule has 22 heavy (non-hydrogen) atoms. The van der Waals surface area contributed by atoms with Gasteiger partial charge in [0.2, 0.25) is 5.91 Å². The van der Waals surface area contributed by atoms with Crippen molar-refractivity contribution >= 4 is 16.8 Å². The minimum Gasteiger partial charge on any atom is -0.356 e. The molecule has 0 aliphatic carbocycles. The maximum absolute atomic E-state index is 11.3. The number of imidazole rings is 1. The molecule has 3 heterocycles. The van der Waals surface area contributed by atoms with Gasteiger partial charge in [0.15, 0.2) is 0 Å². The van der Waals surface area contributed by atoms with Crippen molar-refractivity contribution in [2.24, 2.45) is 5.92 Å². The molecule has 1 atom stereocenters. The van der Waals surface area contributed by atoms with Gasteiger partial charge in [-0.1, -0.05) is 18.2 Å². The van der Waals surface area contributed by atoms with E-state index in [4.69, 9.17) is 0 Å². The molecular formula is C17H16N4O. The van der Waals surface area contributed by atoms with Crippen molar-refractivity contribution in [2.75, 3.05) is 6.54 Å². The SMILES string of the molecule is O=C1CC(Cn2ccnc2-c2ccc3cccnc3c2)CN1. The van der Waals surface area contributed by atoms with Crippen LogP contribution < -0.4 is 5.32 Å². The topological polar surface area (TPSA) is 59.8 Å². The molecule has 1 fully saturated rings. The Bertz CT molecular complexity index is 839. The smallest absolute Gasteiger partial charge is 0.220 e. The van der Waals surface area contributed by atoms with Crippen LogP contribution in [-0.2, 0) is 11.3 Å². The Hall–Kier alpha value is -2.69. The fourth-order valence-corrected chi connectivity index (χ4v) is 2.99. The molecule has 110 valence electrons. The van der Waals surface area contributed by atoms with Crippen LogP contribution in [0.3, 0.4) is 0 Å². The predicted molar refractivity (Wildman–Crippen MR) is 84.1 cm³/mol. The Balaban J connectivity index is 1.67. The van der Waals surface area contributed by atoms with E-state index in [1.165, 1.54) is 0 Å². The van der Waals surface area contributed by atoms with Crippen molar-refractivity contribution in [1.82, 2.24) is 19.9 Å². The van der Waals surface area contributed by atoms with Crippen molar-refractivity contribution in [3.63, 3.8) is 0 Å². The van der Waals surface area contributed by atoms with Crippen molar-refractivity contribution in [1.29, 1.82) is 0 Å². The second-order valence-corrected chi connectivity index (χ2v) is 5.69. The molecule has 1 aliphatic rings. The molecule has 3 aromatic rings. The second-order valence-electron chi connectivity index (χ2n) is 5.69. The van der Waals surface area contributed by atoms with Crippen LogP contribution in [0.15, 0.2) is 48.9 Å². The molecule has 0 saturated carbocycles. The molecule has 1 aromatic carbocycles. The van der Waals surface area contributed by atoms with E-state index in [1.54, 1.807) is 6.20 Å². The van der Waals surface area contributed by atoms with Crippen LogP contribution in [0.25, 0.3) is 22.3 Å². The summed E-state index contributed by atoms with van der Waals surface area (Å²) in [5.74, 6) is 1.40. The fourth-order valence-electron chi connectivity index (χ4n) is 2.99. The molecule has 2 aromatic heterocycles. The summed E-state index contributed by atoms with van der Waals surface area (Å²) >= 11 is 0. The lowest BCUT2D eigenvalue weighted by molar-refractivity contribution is -0.119. The van der Waals surface area contributed by atoms with Crippen molar-refractivity contribution < 1.29 is 4.79 Å². The van der Waals surface area contributed by atoms with Crippen LogP contribution in [0.1, 0.15) is 6.42 Å². The zero-order chi connectivity index (χ0) is 14.9. The van der Waals surface area contributed by atoms with Gasteiger partial charge in [-0.25, -0.2) is 4.98 Å². The fraction of sp³-hybridized carbons (Fsp3) is 0.235. The quantitative estimate of drug-likeness (QED) is 0.805. The van der Waals surface area contributed by atoms with Gasteiger partial charge in [-0.3, -0.25) is 9.78 Å². The maximum Gasteiger partial charge on any atom is 0.220 e. The summed E-state index contributed by atoms with van der Waals surface area (Å²) < 4.78 is 2.12. The number of nitrogens with one attached hydrogen (secondary N) is 1. The van der Waals surface area contributed by atoms with Crippen LogP contribution in [-0.4, -0.2) is 27.0 Å². The monoisotopic (exact) mass is 292 g/mol. The average Bonchev–Trinajstić information content (AvgIpc) is 3.16. The van der Waals surface area contributed by atoms with E-state index in [1.807, 2.05) is 24.5 Å². The molecule has 1 amide bonds. The van der Waals surface area contributed by atoms with Gasteiger partial charge in [-0.15, -0.1) is 0 Å². The normalized spacial score (nSPS) is 17.8. The van der Waals surface area contributed by atoms with Gasteiger partial charge < -0.3 is 9.88 Å². The third-order valence-corrected chi connectivity index (χ3v) is 4.10. The van der Waals surface area contributed by atoms with Gasteiger partial charge in [-0.05, 0) is 12.1 Å². The number of pyridine rings is 1. The zero-order valence-corrected chi connectivity index (χ0v) is 12.1. The van der Waals surface area contributed by atoms with Crippen molar-refractivity contribution in [3.8, 4) is 11.4 Å². The van der Waals surface area contributed by atoms with E-state index in [9.17, 15) is 4.79 Å². The first-order valence-electron chi connectivity index (χ1n) is 7.42. The van der Waals surface area contributed by atoms with Gasteiger partial charge in [-0.2, -0.15) is 0 Å². The van der Waals surface area contributed by atoms with Gasteiger partial charge >= 0.3 is 0 Å². The highest BCUT2D eigenvalue weighted by Crippen LogP contribution is 2.23. The standard InChI is InChI=1S/C17H16N4O/c22-16-8-12(10-20-16)11-21-7-6-19-17(21)14-4-3-13-2-1-5-18-15(13)9-14/h1-7,9,12H,8,10-11H2,(H,20,22). The van der Waals surface area contributed by atoms with E-state index in [0.29, 0.717) is 12.3 Å². The summed E-state index contributed by atoms with van der Waals surface area (Å²) in [6, 6.07) is 10.2. The van der Waals surface area contributed by atoms with Gasteiger partial charge in [0.1, 0.15) is 5.82 Å². The zero-order valence-electron chi connectivity index (χ0n) is 12.1. The van der Waals surface area contributed by atoms with E-state index in [0.717, 1.165) is 35.4 Å². The molecule has 5 heteroatoms. The van der Waals surface area contributed by atoms with E-state index in [-0.39, 0.29) is 5.91 Å².